The molecule has 3 aromatic rings. The monoisotopic (exact) mass is 498 g/mol. The molecule has 1 amide bonds. The molecule has 0 saturated heterocycles. The molecule has 192 valence electrons. The molecule has 8 heteroatoms. The van der Waals surface area contributed by atoms with Gasteiger partial charge in [-0.15, -0.1) is 0 Å². The van der Waals surface area contributed by atoms with Crippen molar-refractivity contribution >= 4 is 29.3 Å². The largest absolute Gasteiger partial charge is 0.439 e. The summed E-state index contributed by atoms with van der Waals surface area (Å²) in [5.74, 6) is 1.56. The van der Waals surface area contributed by atoms with Gasteiger partial charge in [0.25, 0.3) is 0 Å². The first-order chi connectivity index (χ1) is 17.9. The normalized spacial score (nSPS) is 12.5. The van der Waals surface area contributed by atoms with Crippen LogP contribution in [0.2, 0.25) is 0 Å². The number of carbonyl (C=O) groups is 1. The van der Waals surface area contributed by atoms with Crippen molar-refractivity contribution in [2.45, 2.75) is 27.2 Å². The number of ether oxygens (including phenoxy) is 1. The molecule has 0 saturated carbocycles. The van der Waals surface area contributed by atoms with Gasteiger partial charge in [-0.25, -0.2) is 9.98 Å². The number of aromatic nitrogens is 1. The number of pyridine rings is 1. The standard InChI is InChI=1S/C29H34N6O2/c1-6-21(2)18-33-29(35(20-36)24-12-10-11-23(17-24)31-4)28(22(3)30)34(5)25-15-16-27(32-19-25)37-26-13-8-7-9-14-26/h7-20,31H,6,30H2,1-5H3/b21-18+,28-22-,33-29-. The zero-order valence-electron chi connectivity index (χ0n) is 22.0. The first-order valence-corrected chi connectivity index (χ1v) is 12.0. The highest BCUT2D eigenvalue weighted by Gasteiger charge is 2.24. The molecule has 1 heterocycles. The Morgan fingerprint density at radius 1 is 1.08 bits per heavy atom. The summed E-state index contributed by atoms with van der Waals surface area (Å²) in [7, 11) is 3.69. The lowest BCUT2D eigenvalue weighted by atomic mass is 10.2. The van der Waals surface area contributed by atoms with Crippen LogP contribution in [0.5, 0.6) is 11.6 Å². The minimum Gasteiger partial charge on any atom is -0.439 e. The van der Waals surface area contributed by atoms with Crippen LogP contribution in [0, 0.1) is 0 Å². The first-order valence-electron chi connectivity index (χ1n) is 12.0. The first kappa shape index (κ1) is 27.0. The lowest BCUT2D eigenvalue weighted by molar-refractivity contribution is -0.106. The lowest BCUT2D eigenvalue weighted by Gasteiger charge is -2.29. The van der Waals surface area contributed by atoms with E-state index in [0.717, 1.165) is 29.8 Å². The van der Waals surface area contributed by atoms with Gasteiger partial charge in [0.1, 0.15) is 11.4 Å². The van der Waals surface area contributed by atoms with Crippen LogP contribution in [0.25, 0.3) is 0 Å². The number of benzene rings is 2. The van der Waals surface area contributed by atoms with Crippen LogP contribution in [-0.4, -0.2) is 31.3 Å². The molecule has 2 aromatic carbocycles. The van der Waals surface area contributed by atoms with Crippen molar-refractivity contribution in [3.63, 3.8) is 0 Å². The van der Waals surface area contributed by atoms with E-state index >= 15 is 0 Å². The third-order valence-electron chi connectivity index (χ3n) is 5.71. The highest BCUT2D eigenvalue weighted by atomic mass is 16.5. The van der Waals surface area contributed by atoms with Crippen molar-refractivity contribution in [1.82, 2.24) is 4.98 Å². The Labute approximate surface area is 218 Å². The second-order valence-electron chi connectivity index (χ2n) is 8.42. The number of rotatable bonds is 10. The van der Waals surface area contributed by atoms with E-state index in [1.165, 1.54) is 4.90 Å². The van der Waals surface area contributed by atoms with Crippen LogP contribution < -0.4 is 25.6 Å². The van der Waals surface area contributed by atoms with E-state index in [1.807, 2.05) is 86.6 Å². The van der Waals surface area contributed by atoms with E-state index in [2.05, 4.69) is 17.2 Å². The molecular formula is C29H34N6O2. The van der Waals surface area contributed by atoms with Gasteiger partial charge in [-0.05, 0) is 56.7 Å². The van der Waals surface area contributed by atoms with Crippen molar-refractivity contribution in [2.75, 3.05) is 29.2 Å². The Morgan fingerprint density at radius 3 is 2.43 bits per heavy atom. The summed E-state index contributed by atoms with van der Waals surface area (Å²) in [6, 6.07) is 20.7. The number of hydrogen-bond donors (Lipinski definition) is 2. The Kier molecular flexibility index (Phi) is 9.43. The summed E-state index contributed by atoms with van der Waals surface area (Å²) < 4.78 is 5.82. The number of allylic oxidation sites excluding steroid dienone is 2. The molecule has 3 N–H and O–H groups in total. The summed E-state index contributed by atoms with van der Waals surface area (Å²) in [6.07, 6.45) is 5.03. The number of anilines is 3. The molecule has 8 nitrogen and oxygen atoms in total. The number of nitrogens with one attached hydrogen (secondary N) is 1. The van der Waals surface area contributed by atoms with E-state index in [4.69, 9.17) is 15.5 Å². The smallest absolute Gasteiger partial charge is 0.219 e. The van der Waals surface area contributed by atoms with Gasteiger partial charge in [-0.1, -0.05) is 36.8 Å². The molecule has 0 unspecified atom stereocenters. The summed E-state index contributed by atoms with van der Waals surface area (Å²) in [5, 5.41) is 3.11. The summed E-state index contributed by atoms with van der Waals surface area (Å²) in [4.78, 5) is 25.0. The van der Waals surface area contributed by atoms with Gasteiger partial charge >= 0.3 is 0 Å². The fourth-order valence-corrected chi connectivity index (χ4v) is 3.50. The average molecular weight is 499 g/mol. The summed E-state index contributed by atoms with van der Waals surface area (Å²) in [5.41, 5.74) is 10.8. The van der Waals surface area contributed by atoms with Gasteiger partial charge in [0.2, 0.25) is 12.3 Å². The molecule has 1 aromatic heterocycles. The van der Waals surface area contributed by atoms with Crippen molar-refractivity contribution < 1.29 is 9.53 Å². The minimum absolute atomic E-state index is 0.392. The van der Waals surface area contributed by atoms with Gasteiger partial charge in [0.15, 0.2) is 5.84 Å². The number of carbonyl (C=O) groups excluding carboxylic acids is 1. The highest BCUT2D eigenvalue weighted by Crippen LogP contribution is 2.27. The van der Waals surface area contributed by atoms with Crippen molar-refractivity contribution in [3.8, 4) is 11.6 Å². The van der Waals surface area contributed by atoms with Crippen LogP contribution in [0.1, 0.15) is 27.2 Å². The molecule has 0 aliphatic carbocycles. The molecular weight excluding hydrogens is 464 g/mol. The fourth-order valence-electron chi connectivity index (χ4n) is 3.50. The Balaban J connectivity index is 2.03. The molecule has 0 spiro atoms. The van der Waals surface area contributed by atoms with E-state index in [-0.39, 0.29) is 0 Å². The number of para-hydroxylation sites is 1. The molecule has 0 fully saturated rings. The number of likely N-dealkylation sites (N-methyl/N-ethyl adjacent to an activating group) is 1. The number of aliphatic imine (C=N–C) groups is 1. The fraction of sp³-hybridized carbons (Fsp3) is 0.207. The lowest BCUT2D eigenvalue weighted by Crippen LogP contribution is -2.38. The number of amides is 1. The van der Waals surface area contributed by atoms with Crippen LogP contribution in [0.3, 0.4) is 0 Å². The Morgan fingerprint density at radius 2 is 1.84 bits per heavy atom. The predicted octanol–water partition coefficient (Wildman–Crippen LogP) is 5.92. The molecule has 0 atom stereocenters. The molecule has 0 aliphatic heterocycles. The van der Waals surface area contributed by atoms with Crippen LogP contribution in [-0.2, 0) is 4.79 Å². The topological polar surface area (TPSA) is 96.1 Å². The second kappa shape index (κ2) is 12.9. The van der Waals surface area contributed by atoms with E-state index in [1.54, 1.807) is 25.4 Å². The van der Waals surface area contributed by atoms with Gasteiger partial charge in [-0.3, -0.25) is 9.69 Å². The second-order valence-corrected chi connectivity index (χ2v) is 8.42. The van der Waals surface area contributed by atoms with E-state index in [9.17, 15) is 4.79 Å². The zero-order valence-corrected chi connectivity index (χ0v) is 22.0. The maximum Gasteiger partial charge on any atom is 0.219 e. The number of nitrogens with two attached hydrogens (primary N) is 1. The maximum atomic E-state index is 12.5. The Bertz CT molecular complexity index is 1280. The predicted molar refractivity (Wildman–Crippen MR) is 152 cm³/mol. The molecule has 3 rings (SSSR count). The van der Waals surface area contributed by atoms with Crippen LogP contribution in [0.15, 0.2) is 101 Å². The SMILES string of the molecule is CC/C(C)=C/N=C(/C(=C(\C)N)N(C)c1ccc(Oc2ccccc2)nc1)N(C=O)c1cccc(NC)c1. The average Bonchev–Trinajstić information content (AvgIpc) is 2.92. The summed E-state index contributed by atoms with van der Waals surface area (Å²) in [6.45, 7) is 5.83. The summed E-state index contributed by atoms with van der Waals surface area (Å²) >= 11 is 0. The Hall–Kier alpha value is -4.59. The van der Waals surface area contributed by atoms with Crippen molar-refractivity contribution in [1.29, 1.82) is 0 Å². The van der Waals surface area contributed by atoms with Crippen LogP contribution >= 0.6 is 0 Å². The number of amidine groups is 1. The van der Waals surface area contributed by atoms with Gasteiger partial charge in [0.05, 0.1) is 17.6 Å². The molecule has 0 aliphatic rings. The van der Waals surface area contributed by atoms with Gasteiger partial charge < -0.3 is 20.7 Å². The maximum absolute atomic E-state index is 12.5. The van der Waals surface area contributed by atoms with Crippen LogP contribution in [0.4, 0.5) is 17.1 Å². The van der Waals surface area contributed by atoms with Gasteiger partial charge in [0, 0.05) is 37.7 Å². The van der Waals surface area contributed by atoms with E-state index < -0.39 is 0 Å². The zero-order chi connectivity index (χ0) is 26.8. The third kappa shape index (κ3) is 6.98. The number of nitrogens with zero attached hydrogens (tertiary/aromatic N) is 4. The van der Waals surface area contributed by atoms with Crippen molar-refractivity contribution in [3.05, 3.63) is 96.1 Å². The van der Waals surface area contributed by atoms with E-state index in [0.29, 0.717) is 34.5 Å². The van der Waals surface area contributed by atoms with Crippen molar-refractivity contribution in [2.24, 2.45) is 10.7 Å². The van der Waals surface area contributed by atoms with Gasteiger partial charge in [-0.2, -0.15) is 0 Å². The minimum atomic E-state index is 0.392. The third-order valence-corrected chi connectivity index (χ3v) is 5.71. The highest BCUT2D eigenvalue weighted by molar-refractivity contribution is 6.20. The number of hydrogen-bond acceptors (Lipinski definition) is 7. The molecule has 0 bridgehead atoms. The molecule has 37 heavy (non-hydrogen) atoms. The quantitative estimate of drug-likeness (QED) is 0.205. The molecule has 0 radical (unpaired) electrons.